The van der Waals surface area contributed by atoms with Crippen LogP contribution in [-0.2, 0) is 24.4 Å². The second-order valence-electron chi connectivity index (χ2n) is 8.56. The highest BCUT2D eigenvalue weighted by atomic mass is 79.9. The van der Waals surface area contributed by atoms with Crippen molar-refractivity contribution < 1.29 is 19.4 Å². The number of halogens is 1. The molecule has 0 amide bonds. The lowest BCUT2D eigenvalue weighted by Gasteiger charge is -2.21. The van der Waals surface area contributed by atoms with E-state index in [1.807, 2.05) is 42.5 Å². The van der Waals surface area contributed by atoms with Crippen LogP contribution in [0.15, 0.2) is 71.2 Å². The molecule has 176 valence electrons. The summed E-state index contributed by atoms with van der Waals surface area (Å²) < 4.78 is 15.0. The average Bonchev–Trinajstić information content (AvgIpc) is 3.15. The largest absolute Gasteiger partial charge is 0.489 e. The van der Waals surface area contributed by atoms with Crippen LogP contribution in [0, 0.1) is 0 Å². The summed E-state index contributed by atoms with van der Waals surface area (Å²) in [7, 11) is 0. The molecule has 1 N–H and O–H groups in total. The number of carboxylic acids is 1. The molecular formula is C27H27BrN2O4. The number of carbonyl (C=O) groups is 1. The minimum absolute atomic E-state index is 0.387. The van der Waals surface area contributed by atoms with E-state index < -0.39 is 11.6 Å². The maximum atomic E-state index is 11.3. The van der Waals surface area contributed by atoms with Gasteiger partial charge in [-0.3, -0.25) is 0 Å². The number of carboxylic acid groups (broad SMARTS) is 1. The minimum atomic E-state index is -1.29. The van der Waals surface area contributed by atoms with Crippen molar-refractivity contribution >= 4 is 32.9 Å². The molecule has 34 heavy (non-hydrogen) atoms. The molecular weight excluding hydrogens is 496 g/mol. The summed E-state index contributed by atoms with van der Waals surface area (Å²) in [6, 6.07) is 21.5. The molecule has 0 unspecified atom stereocenters. The summed E-state index contributed by atoms with van der Waals surface area (Å²) >= 11 is 3.53. The topological polar surface area (TPSA) is 73.6 Å². The van der Waals surface area contributed by atoms with Gasteiger partial charge in [0.1, 0.15) is 23.9 Å². The fraction of sp³-hybridized carbons (Fsp3) is 0.259. The lowest BCUT2D eigenvalue weighted by atomic mass is 10.1. The van der Waals surface area contributed by atoms with E-state index in [2.05, 4.69) is 39.6 Å². The van der Waals surface area contributed by atoms with Gasteiger partial charge in [0, 0.05) is 16.5 Å². The quantitative estimate of drug-likeness (QED) is 0.282. The highest BCUT2D eigenvalue weighted by Crippen LogP contribution is 2.26. The number of imidazole rings is 1. The molecule has 0 saturated carbocycles. The highest BCUT2D eigenvalue weighted by Gasteiger charge is 2.29. The number of hydrogen-bond donors (Lipinski definition) is 1. The zero-order chi connectivity index (χ0) is 24.3. The van der Waals surface area contributed by atoms with Crippen molar-refractivity contribution in [3.63, 3.8) is 0 Å². The molecule has 7 heteroatoms. The van der Waals surface area contributed by atoms with Crippen molar-refractivity contribution in [3.05, 3.63) is 88.2 Å². The first-order valence-corrected chi connectivity index (χ1v) is 11.9. The van der Waals surface area contributed by atoms with E-state index in [-0.39, 0.29) is 0 Å². The highest BCUT2D eigenvalue weighted by molar-refractivity contribution is 9.10. The van der Waals surface area contributed by atoms with Crippen LogP contribution in [0.4, 0.5) is 0 Å². The molecule has 0 saturated heterocycles. The SMILES string of the molecule is CCc1nc2cc(Br)ccc2n1Cc1ccccc1OCc1ccc(OC(C)(C)C(=O)O)cc1. The molecule has 1 aromatic heterocycles. The Balaban J connectivity index is 1.50. The van der Waals surface area contributed by atoms with Gasteiger partial charge in [-0.05, 0) is 55.8 Å². The Bertz CT molecular complexity index is 1310. The molecule has 0 aliphatic carbocycles. The standard InChI is InChI=1S/C27H27BrN2O4/c1-4-25-29-22-15-20(28)11-14-23(22)30(25)16-19-7-5-6-8-24(19)33-17-18-9-12-21(13-10-18)34-27(2,3)26(31)32/h5-15H,4,16-17H2,1-3H3,(H,31,32). The maximum Gasteiger partial charge on any atom is 0.347 e. The predicted octanol–water partition coefficient (Wildman–Crippen LogP) is 6.23. The van der Waals surface area contributed by atoms with Crippen LogP contribution < -0.4 is 9.47 Å². The molecule has 0 aliphatic heterocycles. The number of rotatable bonds is 9. The molecule has 6 nitrogen and oxygen atoms in total. The van der Waals surface area contributed by atoms with Gasteiger partial charge >= 0.3 is 5.97 Å². The minimum Gasteiger partial charge on any atom is -0.489 e. The Morgan fingerprint density at radius 2 is 1.82 bits per heavy atom. The molecule has 0 spiro atoms. The van der Waals surface area contributed by atoms with E-state index in [1.165, 1.54) is 13.8 Å². The van der Waals surface area contributed by atoms with Gasteiger partial charge < -0.3 is 19.1 Å². The molecule has 0 radical (unpaired) electrons. The molecule has 0 atom stereocenters. The molecule has 0 bridgehead atoms. The van der Waals surface area contributed by atoms with E-state index >= 15 is 0 Å². The monoisotopic (exact) mass is 522 g/mol. The number of para-hydroxylation sites is 1. The zero-order valence-corrected chi connectivity index (χ0v) is 21.0. The third-order valence-corrected chi connectivity index (χ3v) is 6.11. The van der Waals surface area contributed by atoms with E-state index in [9.17, 15) is 9.90 Å². The smallest absolute Gasteiger partial charge is 0.347 e. The first-order valence-electron chi connectivity index (χ1n) is 11.1. The Morgan fingerprint density at radius 1 is 1.09 bits per heavy atom. The van der Waals surface area contributed by atoms with Crippen molar-refractivity contribution in [2.45, 2.75) is 45.9 Å². The van der Waals surface area contributed by atoms with E-state index in [4.69, 9.17) is 14.5 Å². The van der Waals surface area contributed by atoms with Gasteiger partial charge in [0.05, 0.1) is 17.6 Å². The Morgan fingerprint density at radius 3 is 2.53 bits per heavy atom. The van der Waals surface area contributed by atoms with Crippen LogP contribution in [0.5, 0.6) is 11.5 Å². The summed E-state index contributed by atoms with van der Waals surface area (Å²) in [6.45, 7) is 6.21. The number of ether oxygens (including phenoxy) is 2. The third kappa shape index (κ3) is 5.25. The molecule has 0 aliphatic rings. The Hall–Kier alpha value is -3.32. The van der Waals surface area contributed by atoms with Crippen LogP contribution in [0.3, 0.4) is 0 Å². The second kappa shape index (κ2) is 9.89. The predicted molar refractivity (Wildman–Crippen MR) is 135 cm³/mol. The van der Waals surface area contributed by atoms with Crippen LogP contribution in [0.25, 0.3) is 11.0 Å². The maximum absolute atomic E-state index is 11.3. The number of aromatic nitrogens is 2. The number of aryl methyl sites for hydroxylation is 1. The van der Waals surface area contributed by atoms with Crippen LogP contribution in [0.2, 0.25) is 0 Å². The van der Waals surface area contributed by atoms with Gasteiger partial charge in [-0.15, -0.1) is 0 Å². The van der Waals surface area contributed by atoms with Gasteiger partial charge in [-0.2, -0.15) is 0 Å². The van der Waals surface area contributed by atoms with Crippen molar-refractivity contribution in [2.75, 3.05) is 0 Å². The first-order chi connectivity index (χ1) is 16.3. The van der Waals surface area contributed by atoms with Crippen LogP contribution in [0.1, 0.15) is 37.7 Å². The summed E-state index contributed by atoms with van der Waals surface area (Å²) in [4.78, 5) is 16.1. The molecule has 1 heterocycles. The third-order valence-electron chi connectivity index (χ3n) is 5.61. The van der Waals surface area contributed by atoms with Crippen molar-refractivity contribution in [1.29, 1.82) is 0 Å². The Labute approximate surface area is 207 Å². The Kier molecular flexibility index (Phi) is 6.93. The zero-order valence-electron chi connectivity index (χ0n) is 19.4. The van der Waals surface area contributed by atoms with Crippen molar-refractivity contribution in [3.8, 4) is 11.5 Å². The number of aliphatic carboxylic acids is 1. The van der Waals surface area contributed by atoms with Crippen LogP contribution in [-0.4, -0.2) is 26.2 Å². The van der Waals surface area contributed by atoms with E-state index in [0.717, 1.165) is 44.6 Å². The van der Waals surface area contributed by atoms with E-state index in [0.29, 0.717) is 18.9 Å². The number of hydrogen-bond acceptors (Lipinski definition) is 4. The lowest BCUT2D eigenvalue weighted by Crippen LogP contribution is -2.37. The van der Waals surface area contributed by atoms with Gasteiger partial charge in [-0.25, -0.2) is 9.78 Å². The summed E-state index contributed by atoms with van der Waals surface area (Å²) in [6.07, 6.45) is 0.836. The summed E-state index contributed by atoms with van der Waals surface area (Å²) in [5, 5.41) is 9.24. The fourth-order valence-corrected chi connectivity index (χ4v) is 4.05. The number of benzene rings is 3. The average molecular weight is 523 g/mol. The van der Waals surface area contributed by atoms with Crippen LogP contribution >= 0.6 is 15.9 Å². The van der Waals surface area contributed by atoms with Crippen molar-refractivity contribution in [2.24, 2.45) is 0 Å². The molecule has 3 aromatic carbocycles. The second-order valence-corrected chi connectivity index (χ2v) is 9.47. The van der Waals surface area contributed by atoms with Gasteiger partial charge in [-0.1, -0.05) is 53.2 Å². The number of nitrogens with zero attached hydrogens (tertiary/aromatic N) is 2. The fourth-order valence-electron chi connectivity index (χ4n) is 3.70. The van der Waals surface area contributed by atoms with Gasteiger partial charge in [0.25, 0.3) is 0 Å². The first kappa shape index (κ1) is 23.8. The summed E-state index contributed by atoms with van der Waals surface area (Å²) in [5.41, 5.74) is 2.81. The van der Waals surface area contributed by atoms with Gasteiger partial charge in [0.2, 0.25) is 0 Å². The normalized spacial score (nSPS) is 11.5. The molecule has 0 fully saturated rings. The molecule has 4 rings (SSSR count). The van der Waals surface area contributed by atoms with E-state index in [1.54, 1.807) is 12.1 Å². The number of fused-ring (bicyclic) bond motifs is 1. The summed E-state index contributed by atoms with van der Waals surface area (Å²) in [5.74, 6) is 1.34. The molecule has 4 aromatic rings. The van der Waals surface area contributed by atoms with Crippen molar-refractivity contribution in [1.82, 2.24) is 9.55 Å². The van der Waals surface area contributed by atoms with Gasteiger partial charge in [0.15, 0.2) is 5.60 Å². The lowest BCUT2D eigenvalue weighted by molar-refractivity contribution is -0.152.